The Bertz CT molecular complexity index is 1100. The van der Waals surface area contributed by atoms with Gasteiger partial charge in [-0.15, -0.1) is 0 Å². The molecule has 1 aliphatic rings. The highest BCUT2D eigenvalue weighted by Gasteiger charge is 2.26. The number of hydrogen-bond acceptors (Lipinski definition) is 4. The van der Waals surface area contributed by atoms with Gasteiger partial charge < -0.3 is 5.32 Å². The molecular formula is C25H26N4O2. The first-order valence-electron chi connectivity index (χ1n) is 10.6. The number of allylic oxidation sites excluding steroid dienone is 1. The summed E-state index contributed by atoms with van der Waals surface area (Å²) in [4.78, 5) is 28.6. The van der Waals surface area contributed by atoms with Gasteiger partial charge >= 0.3 is 0 Å². The quantitative estimate of drug-likeness (QED) is 0.493. The molecule has 4 rings (SSSR count). The number of H-pyrrole nitrogens is 1. The fourth-order valence-corrected chi connectivity index (χ4v) is 3.47. The fourth-order valence-electron chi connectivity index (χ4n) is 3.47. The molecule has 6 nitrogen and oxygen atoms in total. The van der Waals surface area contributed by atoms with E-state index in [9.17, 15) is 9.59 Å². The van der Waals surface area contributed by atoms with Crippen molar-refractivity contribution in [3.05, 3.63) is 78.3 Å². The Balaban J connectivity index is 1.42. The van der Waals surface area contributed by atoms with Crippen molar-refractivity contribution in [3.63, 3.8) is 0 Å². The summed E-state index contributed by atoms with van der Waals surface area (Å²) in [5, 5.41) is 10.1. The second kappa shape index (κ2) is 9.08. The Labute approximate surface area is 181 Å². The number of nitrogens with one attached hydrogen (secondary N) is 2. The molecule has 1 saturated carbocycles. The van der Waals surface area contributed by atoms with Gasteiger partial charge in [0.15, 0.2) is 11.6 Å². The molecule has 0 saturated heterocycles. The molecule has 158 valence electrons. The standard InChI is InChI=1S/C25H26N4O2/c1-3-22(30)12-11-21-10-9-20(15-26-21)19-6-4-5-18(13-19)16(2)25(31)27-24-14-23(28-29-24)17-7-8-17/h3-6,9-10,13-17H,1,7-8,11-12H2,2H3,(H2,27,28,29,31). The van der Waals surface area contributed by atoms with Crippen LogP contribution < -0.4 is 5.32 Å². The summed E-state index contributed by atoms with van der Waals surface area (Å²) in [6.45, 7) is 5.38. The molecule has 0 bridgehead atoms. The number of aromatic amines is 1. The van der Waals surface area contributed by atoms with Gasteiger partial charge in [-0.25, -0.2) is 0 Å². The zero-order valence-electron chi connectivity index (χ0n) is 17.6. The third kappa shape index (κ3) is 5.15. The third-order valence-electron chi connectivity index (χ3n) is 5.66. The van der Waals surface area contributed by atoms with E-state index in [1.165, 1.54) is 18.9 Å². The number of aromatic nitrogens is 3. The van der Waals surface area contributed by atoms with Crippen LogP contribution in [0.25, 0.3) is 11.1 Å². The largest absolute Gasteiger partial charge is 0.309 e. The number of nitrogens with zero attached hydrogens (tertiary/aromatic N) is 2. The van der Waals surface area contributed by atoms with E-state index in [0.29, 0.717) is 24.6 Å². The number of hydrogen-bond donors (Lipinski definition) is 2. The first kappa shape index (κ1) is 20.7. The van der Waals surface area contributed by atoms with Gasteiger partial charge in [0.25, 0.3) is 0 Å². The molecule has 0 spiro atoms. The number of aryl methyl sites for hydroxylation is 1. The lowest BCUT2D eigenvalue weighted by atomic mass is 9.96. The zero-order valence-corrected chi connectivity index (χ0v) is 17.6. The van der Waals surface area contributed by atoms with Gasteiger partial charge in [0.2, 0.25) is 5.91 Å². The van der Waals surface area contributed by atoms with Crippen LogP contribution in [0.1, 0.15) is 55.0 Å². The van der Waals surface area contributed by atoms with E-state index in [-0.39, 0.29) is 17.6 Å². The number of pyridine rings is 1. The minimum Gasteiger partial charge on any atom is -0.309 e. The third-order valence-corrected chi connectivity index (χ3v) is 5.66. The lowest BCUT2D eigenvalue weighted by Crippen LogP contribution is -2.19. The molecule has 1 unspecified atom stereocenters. The first-order valence-corrected chi connectivity index (χ1v) is 10.6. The molecular weight excluding hydrogens is 388 g/mol. The maximum atomic E-state index is 12.7. The Kier molecular flexibility index (Phi) is 6.07. The normalized spacial score (nSPS) is 14.1. The number of ketones is 1. The van der Waals surface area contributed by atoms with Gasteiger partial charge in [0.1, 0.15) is 0 Å². The zero-order chi connectivity index (χ0) is 21.8. The number of anilines is 1. The van der Waals surface area contributed by atoms with Crippen LogP contribution in [0.2, 0.25) is 0 Å². The fraction of sp³-hybridized carbons (Fsp3) is 0.280. The van der Waals surface area contributed by atoms with Crippen molar-refractivity contribution >= 4 is 17.5 Å². The van der Waals surface area contributed by atoms with Crippen molar-refractivity contribution in [1.29, 1.82) is 0 Å². The predicted molar refractivity (Wildman–Crippen MR) is 121 cm³/mol. The molecule has 3 aromatic rings. The minimum atomic E-state index is -0.321. The highest BCUT2D eigenvalue weighted by molar-refractivity contribution is 5.95. The Hall–Kier alpha value is -3.54. The summed E-state index contributed by atoms with van der Waals surface area (Å²) in [6, 6.07) is 13.8. The number of carbonyl (C=O) groups excluding carboxylic acids is 2. The number of benzene rings is 1. The molecule has 1 aromatic carbocycles. The van der Waals surface area contributed by atoms with Crippen molar-refractivity contribution in [3.8, 4) is 11.1 Å². The molecule has 31 heavy (non-hydrogen) atoms. The molecule has 2 aromatic heterocycles. The molecule has 1 fully saturated rings. The van der Waals surface area contributed by atoms with E-state index < -0.39 is 0 Å². The van der Waals surface area contributed by atoms with Crippen LogP contribution in [0.15, 0.2) is 61.3 Å². The number of carbonyl (C=O) groups is 2. The van der Waals surface area contributed by atoms with E-state index in [0.717, 1.165) is 28.1 Å². The lowest BCUT2D eigenvalue weighted by molar-refractivity contribution is -0.117. The summed E-state index contributed by atoms with van der Waals surface area (Å²) in [5.74, 6) is 0.744. The van der Waals surface area contributed by atoms with Crippen molar-refractivity contribution in [2.45, 2.75) is 44.4 Å². The Morgan fingerprint density at radius 3 is 2.77 bits per heavy atom. The highest BCUT2D eigenvalue weighted by atomic mass is 16.2. The maximum absolute atomic E-state index is 12.7. The topological polar surface area (TPSA) is 87.7 Å². The van der Waals surface area contributed by atoms with E-state index >= 15 is 0 Å². The molecule has 2 heterocycles. The van der Waals surface area contributed by atoms with E-state index in [2.05, 4.69) is 27.1 Å². The van der Waals surface area contributed by atoms with Crippen molar-refractivity contribution in [1.82, 2.24) is 15.2 Å². The first-order chi connectivity index (χ1) is 15.0. The second-order valence-corrected chi connectivity index (χ2v) is 8.03. The van der Waals surface area contributed by atoms with Crippen LogP contribution in [-0.4, -0.2) is 26.9 Å². The predicted octanol–water partition coefficient (Wildman–Crippen LogP) is 4.78. The van der Waals surface area contributed by atoms with E-state index in [1.807, 2.05) is 49.4 Å². The Morgan fingerprint density at radius 2 is 2.06 bits per heavy atom. The van der Waals surface area contributed by atoms with Gasteiger partial charge in [0, 0.05) is 41.6 Å². The average molecular weight is 415 g/mol. The highest BCUT2D eigenvalue weighted by Crippen LogP contribution is 2.39. The molecule has 2 N–H and O–H groups in total. The number of amides is 1. The summed E-state index contributed by atoms with van der Waals surface area (Å²) in [5.41, 5.74) is 4.85. The van der Waals surface area contributed by atoms with E-state index in [4.69, 9.17) is 0 Å². The van der Waals surface area contributed by atoms with Gasteiger partial charge in [0.05, 0.1) is 5.92 Å². The van der Waals surface area contributed by atoms with Crippen LogP contribution in [0.3, 0.4) is 0 Å². The molecule has 0 aliphatic heterocycles. The molecule has 6 heteroatoms. The van der Waals surface area contributed by atoms with Crippen LogP contribution in [0, 0.1) is 0 Å². The summed E-state index contributed by atoms with van der Waals surface area (Å²) >= 11 is 0. The van der Waals surface area contributed by atoms with E-state index in [1.54, 1.807) is 6.20 Å². The van der Waals surface area contributed by atoms with Gasteiger partial charge in [-0.2, -0.15) is 5.10 Å². The summed E-state index contributed by atoms with van der Waals surface area (Å²) in [6.07, 6.45) is 6.52. The molecule has 1 amide bonds. The monoisotopic (exact) mass is 414 g/mol. The van der Waals surface area contributed by atoms with Crippen LogP contribution >= 0.6 is 0 Å². The SMILES string of the molecule is C=CC(=O)CCc1ccc(-c2cccc(C(C)C(=O)Nc3cc(C4CC4)[nH]n3)c2)cn1. The Morgan fingerprint density at radius 1 is 1.23 bits per heavy atom. The van der Waals surface area contributed by atoms with Gasteiger partial charge in [-0.3, -0.25) is 19.7 Å². The van der Waals surface area contributed by atoms with Crippen molar-refractivity contribution in [2.75, 3.05) is 5.32 Å². The van der Waals surface area contributed by atoms with Crippen LogP contribution in [-0.2, 0) is 16.0 Å². The van der Waals surface area contributed by atoms with Gasteiger partial charge in [-0.05, 0) is 49.5 Å². The molecule has 1 atom stereocenters. The smallest absolute Gasteiger partial charge is 0.232 e. The minimum absolute atomic E-state index is 0.0180. The van der Waals surface area contributed by atoms with Crippen molar-refractivity contribution in [2.24, 2.45) is 0 Å². The van der Waals surface area contributed by atoms with Crippen LogP contribution in [0.4, 0.5) is 5.82 Å². The average Bonchev–Trinajstić information content (AvgIpc) is 3.56. The summed E-state index contributed by atoms with van der Waals surface area (Å²) < 4.78 is 0. The lowest BCUT2D eigenvalue weighted by Gasteiger charge is -2.13. The number of rotatable bonds is 9. The maximum Gasteiger partial charge on any atom is 0.232 e. The molecule has 1 aliphatic carbocycles. The molecule has 0 radical (unpaired) electrons. The van der Waals surface area contributed by atoms with Crippen LogP contribution in [0.5, 0.6) is 0 Å². The second-order valence-electron chi connectivity index (χ2n) is 8.03. The van der Waals surface area contributed by atoms with Gasteiger partial charge in [-0.1, -0.05) is 36.9 Å². The summed E-state index contributed by atoms with van der Waals surface area (Å²) in [7, 11) is 0. The van der Waals surface area contributed by atoms with Crippen molar-refractivity contribution < 1.29 is 9.59 Å².